The Morgan fingerprint density at radius 2 is 1.57 bits per heavy atom. The van der Waals surface area contributed by atoms with Crippen LogP contribution in [0.4, 0.5) is 0 Å². The van der Waals surface area contributed by atoms with Gasteiger partial charge in [-0.05, 0) is 52.0 Å². The van der Waals surface area contributed by atoms with Crippen LogP contribution in [0.3, 0.4) is 0 Å². The van der Waals surface area contributed by atoms with E-state index in [1.165, 1.54) is 10.8 Å². The number of aromatic amines is 1. The largest absolute Gasteiger partial charge is 0.496 e. The Balaban J connectivity index is 1.71. The number of rotatable bonds is 4. The van der Waals surface area contributed by atoms with E-state index in [0.717, 1.165) is 21.9 Å². The maximum absolute atomic E-state index is 5.49. The predicted molar refractivity (Wildman–Crippen MR) is 124 cm³/mol. The lowest BCUT2D eigenvalue weighted by Gasteiger charge is -2.09. The third-order valence-electron chi connectivity index (χ3n) is 5.11. The smallest absolute Gasteiger partial charge is 0.216 e. The molecule has 4 aromatic carbocycles. The molecule has 0 saturated heterocycles. The second kappa shape index (κ2) is 7.57. The first-order chi connectivity index (χ1) is 14.8. The van der Waals surface area contributed by atoms with Crippen LogP contribution >= 0.6 is 12.2 Å². The number of nitrogens with one attached hydrogen (secondary N) is 1. The van der Waals surface area contributed by atoms with Crippen molar-refractivity contribution in [2.45, 2.75) is 0 Å². The monoisotopic (exact) mass is 410 g/mol. The highest BCUT2D eigenvalue weighted by atomic mass is 32.1. The van der Waals surface area contributed by atoms with Gasteiger partial charge in [-0.3, -0.25) is 0 Å². The van der Waals surface area contributed by atoms with Crippen molar-refractivity contribution >= 4 is 40.0 Å². The molecule has 0 spiro atoms. The highest BCUT2D eigenvalue weighted by Gasteiger charge is 2.13. The fraction of sp³-hybridized carbons (Fsp3) is 0.0417. The van der Waals surface area contributed by atoms with E-state index in [1.54, 1.807) is 11.8 Å². The topological polar surface area (TPSA) is 55.2 Å². The first-order valence-electron chi connectivity index (χ1n) is 9.52. The molecule has 5 nitrogen and oxygen atoms in total. The van der Waals surface area contributed by atoms with Crippen LogP contribution in [0.2, 0.25) is 0 Å². The molecule has 0 amide bonds. The number of ether oxygens (including phenoxy) is 1. The molecular weight excluding hydrogens is 392 g/mol. The van der Waals surface area contributed by atoms with Crippen molar-refractivity contribution in [3.8, 4) is 17.1 Å². The van der Waals surface area contributed by atoms with Gasteiger partial charge in [-0.1, -0.05) is 60.7 Å². The maximum Gasteiger partial charge on any atom is 0.216 e. The molecule has 30 heavy (non-hydrogen) atoms. The first kappa shape index (κ1) is 18.3. The van der Waals surface area contributed by atoms with E-state index < -0.39 is 0 Å². The van der Waals surface area contributed by atoms with Crippen molar-refractivity contribution in [3.63, 3.8) is 0 Å². The Hall–Kier alpha value is -3.77. The number of fused-ring (bicyclic) bond motifs is 2. The number of hydrogen-bond acceptors (Lipinski definition) is 4. The minimum absolute atomic E-state index is 0.414. The van der Waals surface area contributed by atoms with E-state index in [4.69, 9.17) is 22.1 Å². The van der Waals surface area contributed by atoms with E-state index in [1.807, 2.05) is 54.7 Å². The number of benzene rings is 4. The summed E-state index contributed by atoms with van der Waals surface area (Å²) in [7, 11) is 1.63. The Morgan fingerprint density at radius 3 is 2.27 bits per heavy atom. The zero-order valence-electron chi connectivity index (χ0n) is 16.2. The van der Waals surface area contributed by atoms with Crippen LogP contribution in [0.15, 0.2) is 84.0 Å². The minimum atomic E-state index is 0.414. The highest BCUT2D eigenvalue weighted by Crippen LogP contribution is 2.29. The second-order valence-electron chi connectivity index (χ2n) is 6.84. The van der Waals surface area contributed by atoms with E-state index >= 15 is 0 Å². The van der Waals surface area contributed by atoms with Crippen molar-refractivity contribution in [2.24, 2.45) is 5.10 Å². The molecule has 1 aromatic heterocycles. The fourth-order valence-electron chi connectivity index (χ4n) is 3.71. The molecule has 0 radical (unpaired) electrons. The standard InChI is InChI=1S/C24H18N4OS/c1-29-22-13-7-6-12-20(22)23-26-27-24(30)28(23)25-15-21-18-10-4-2-8-16(18)14-17-9-3-5-11-19(17)21/h2-15H,1H3,(H,27,30). The summed E-state index contributed by atoms with van der Waals surface area (Å²) in [4.78, 5) is 0. The normalized spacial score (nSPS) is 11.5. The van der Waals surface area contributed by atoms with Crippen LogP contribution in [0.25, 0.3) is 32.9 Å². The third-order valence-corrected chi connectivity index (χ3v) is 5.38. The van der Waals surface area contributed by atoms with Gasteiger partial charge in [0.2, 0.25) is 4.77 Å². The SMILES string of the molecule is COc1ccccc1-c1n[nH]c(=S)n1N=Cc1c2ccccc2cc2ccccc12. The molecule has 1 N–H and O–H groups in total. The van der Waals surface area contributed by atoms with Crippen molar-refractivity contribution in [1.82, 2.24) is 14.9 Å². The molecule has 1 heterocycles. The molecule has 0 atom stereocenters. The van der Waals surface area contributed by atoms with Crippen LogP contribution in [-0.4, -0.2) is 28.2 Å². The van der Waals surface area contributed by atoms with Crippen molar-refractivity contribution in [2.75, 3.05) is 7.11 Å². The Morgan fingerprint density at radius 1 is 0.933 bits per heavy atom. The lowest BCUT2D eigenvalue weighted by Crippen LogP contribution is -1.98. The van der Waals surface area contributed by atoms with Crippen molar-refractivity contribution in [3.05, 3.63) is 89.2 Å². The molecule has 0 unspecified atom stereocenters. The summed E-state index contributed by atoms with van der Waals surface area (Å²) in [6, 6.07) is 26.5. The number of methoxy groups -OCH3 is 1. The summed E-state index contributed by atoms with van der Waals surface area (Å²) in [6.07, 6.45) is 1.86. The molecule has 5 aromatic rings. The molecule has 0 aliphatic carbocycles. The van der Waals surface area contributed by atoms with Gasteiger partial charge < -0.3 is 4.74 Å². The van der Waals surface area contributed by atoms with E-state index in [0.29, 0.717) is 16.3 Å². The molecule has 0 bridgehead atoms. The van der Waals surface area contributed by atoms with Gasteiger partial charge in [-0.25, -0.2) is 5.10 Å². The van der Waals surface area contributed by atoms with Crippen molar-refractivity contribution in [1.29, 1.82) is 0 Å². The average Bonchev–Trinajstić information content (AvgIpc) is 3.16. The Kier molecular flexibility index (Phi) is 4.61. The number of hydrogen-bond donors (Lipinski definition) is 1. The molecule has 146 valence electrons. The number of H-pyrrole nitrogens is 1. The second-order valence-corrected chi connectivity index (χ2v) is 7.23. The van der Waals surface area contributed by atoms with Gasteiger partial charge >= 0.3 is 0 Å². The molecular formula is C24H18N4OS. The molecule has 0 saturated carbocycles. The third kappa shape index (κ3) is 3.07. The predicted octanol–water partition coefficient (Wildman–Crippen LogP) is 5.80. The Bertz CT molecular complexity index is 1410. The van der Waals surface area contributed by atoms with E-state index in [-0.39, 0.29) is 0 Å². The summed E-state index contributed by atoms with van der Waals surface area (Å²) in [5.41, 5.74) is 1.85. The van der Waals surface area contributed by atoms with Gasteiger partial charge in [0.1, 0.15) is 5.75 Å². The number of nitrogens with zero attached hydrogens (tertiary/aromatic N) is 3. The zero-order chi connectivity index (χ0) is 20.5. The average molecular weight is 411 g/mol. The Labute approximate surface area is 178 Å². The lowest BCUT2D eigenvalue weighted by molar-refractivity contribution is 0.416. The minimum Gasteiger partial charge on any atom is -0.496 e. The molecule has 0 aliphatic rings. The summed E-state index contributed by atoms with van der Waals surface area (Å²) < 4.78 is 7.53. The first-order valence-corrected chi connectivity index (χ1v) is 9.93. The van der Waals surface area contributed by atoms with Crippen LogP contribution in [-0.2, 0) is 0 Å². The van der Waals surface area contributed by atoms with Crippen molar-refractivity contribution < 1.29 is 4.74 Å². The summed E-state index contributed by atoms with van der Waals surface area (Å²) >= 11 is 5.45. The van der Waals surface area contributed by atoms with Gasteiger partial charge in [0.15, 0.2) is 5.82 Å². The maximum atomic E-state index is 5.49. The van der Waals surface area contributed by atoms with E-state index in [2.05, 4.69) is 40.5 Å². The van der Waals surface area contributed by atoms with Crippen LogP contribution in [0.1, 0.15) is 5.56 Å². The molecule has 5 rings (SSSR count). The van der Waals surface area contributed by atoms with E-state index in [9.17, 15) is 0 Å². The van der Waals surface area contributed by atoms with Gasteiger partial charge in [0.25, 0.3) is 0 Å². The summed E-state index contributed by atoms with van der Waals surface area (Å²) in [6.45, 7) is 0. The van der Waals surface area contributed by atoms with Gasteiger partial charge in [-0.2, -0.15) is 14.9 Å². The summed E-state index contributed by atoms with van der Waals surface area (Å²) in [5.74, 6) is 1.30. The number of aromatic nitrogens is 3. The molecule has 0 aliphatic heterocycles. The van der Waals surface area contributed by atoms with Crippen LogP contribution < -0.4 is 4.74 Å². The zero-order valence-corrected chi connectivity index (χ0v) is 17.1. The molecule has 6 heteroatoms. The van der Waals surface area contributed by atoms with Gasteiger partial charge in [-0.15, -0.1) is 0 Å². The highest BCUT2D eigenvalue weighted by molar-refractivity contribution is 7.71. The summed E-state index contributed by atoms with van der Waals surface area (Å²) in [5, 5.41) is 16.6. The van der Waals surface area contributed by atoms with Crippen LogP contribution in [0.5, 0.6) is 5.75 Å². The number of para-hydroxylation sites is 1. The fourth-order valence-corrected chi connectivity index (χ4v) is 3.89. The van der Waals surface area contributed by atoms with Gasteiger partial charge in [0.05, 0.1) is 18.9 Å². The van der Waals surface area contributed by atoms with Crippen LogP contribution in [0, 0.1) is 4.77 Å². The lowest BCUT2D eigenvalue weighted by atomic mass is 9.97. The van der Waals surface area contributed by atoms with Gasteiger partial charge in [0, 0.05) is 5.56 Å². The molecule has 0 fully saturated rings. The quantitative estimate of drug-likeness (QED) is 0.231.